The summed E-state index contributed by atoms with van der Waals surface area (Å²) in [5.74, 6) is 0.427. The summed E-state index contributed by atoms with van der Waals surface area (Å²) in [7, 11) is -0.509. The molecule has 6 nitrogen and oxygen atoms in total. The van der Waals surface area contributed by atoms with Crippen molar-refractivity contribution in [3.63, 3.8) is 0 Å². The van der Waals surface area contributed by atoms with Gasteiger partial charge < -0.3 is 10.1 Å². The lowest BCUT2D eigenvalue weighted by atomic mass is 10.1. The molecule has 2 rings (SSSR count). The number of methoxy groups -OCH3 is 1. The molecule has 0 unspecified atom stereocenters. The van der Waals surface area contributed by atoms with E-state index in [0.717, 1.165) is 5.56 Å². The topological polar surface area (TPSA) is 75.7 Å². The maximum absolute atomic E-state index is 12.8. The summed E-state index contributed by atoms with van der Waals surface area (Å²) in [5, 5.41) is 2.55. The van der Waals surface area contributed by atoms with E-state index in [1.165, 1.54) is 23.5 Å². The highest BCUT2D eigenvalue weighted by Crippen LogP contribution is 2.21. The van der Waals surface area contributed by atoms with E-state index >= 15 is 0 Å². The maximum atomic E-state index is 12.8. The minimum atomic E-state index is -3.61. The van der Waals surface area contributed by atoms with Gasteiger partial charge in [0.05, 0.1) is 12.0 Å². The van der Waals surface area contributed by atoms with Gasteiger partial charge in [-0.05, 0) is 42.0 Å². The number of hydrogen-bond acceptors (Lipinski definition) is 4. The third-order valence-electron chi connectivity index (χ3n) is 3.85. The Kier molecular flexibility index (Phi) is 6.17. The van der Waals surface area contributed by atoms with Crippen molar-refractivity contribution in [3.8, 4) is 5.75 Å². The second kappa shape index (κ2) is 8.13. The highest BCUT2D eigenvalue weighted by atomic mass is 32.2. The number of hydrogen-bond donors (Lipinski definition) is 1. The molecule has 1 N–H and O–H groups in total. The molecule has 2 aromatic carbocycles. The first-order valence-corrected chi connectivity index (χ1v) is 9.31. The number of sulfonamides is 1. The molecule has 0 atom stereocenters. The Labute approximate surface area is 148 Å². The lowest BCUT2D eigenvalue weighted by Crippen LogP contribution is -2.30. The van der Waals surface area contributed by atoms with Crippen LogP contribution in [0.15, 0.2) is 53.4 Å². The number of amides is 1. The molecule has 0 aliphatic carbocycles. The van der Waals surface area contributed by atoms with Gasteiger partial charge in [0.25, 0.3) is 5.91 Å². The van der Waals surface area contributed by atoms with E-state index in [1.807, 2.05) is 0 Å². The summed E-state index contributed by atoms with van der Waals surface area (Å²) in [6.07, 6.45) is 0. The van der Waals surface area contributed by atoms with Gasteiger partial charge in [0, 0.05) is 25.7 Å². The highest BCUT2D eigenvalue weighted by molar-refractivity contribution is 7.89. The van der Waals surface area contributed by atoms with Crippen molar-refractivity contribution < 1.29 is 17.9 Å². The molecule has 7 heteroatoms. The molecule has 0 bridgehead atoms. The summed E-state index contributed by atoms with van der Waals surface area (Å²) in [5.41, 5.74) is 1.35. The van der Waals surface area contributed by atoms with Gasteiger partial charge in [-0.25, -0.2) is 8.42 Å². The van der Waals surface area contributed by atoms with E-state index < -0.39 is 10.0 Å². The lowest BCUT2D eigenvalue weighted by molar-refractivity contribution is 0.0963. The monoisotopic (exact) mass is 362 g/mol. The Bertz CT molecular complexity index is 815. The third-order valence-corrected chi connectivity index (χ3v) is 5.79. The van der Waals surface area contributed by atoms with Crippen molar-refractivity contribution in [2.24, 2.45) is 0 Å². The van der Waals surface area contributed by atoms with Crippen LogP contribution in [0.1, 0.15) is 22.8 Å². The third kappa shape index (κ3) is 4.37. The number of benzene rings is 2. The van der Waals surface area contributed by atoms with Gasteiger partial charge in [-0.3, -0.25) is 4.79 Å². The molecule has 2 aromatic rings. The van der Waals surface area contributed by atoms with E-state index in [9.17, 15) is 13.2 Å². The summed E-state index contributed by atoms with van der Waals surface area (Å²) in [6.45, 7) is 2.37. The molecular weight excluding hydrogens is 340 g/mol. The van der Waals surface area contributed by atoms with Gasteiger partial charge in [-0.15, -0.1) is 0 Å². The predicted molar refractivity (Wildman–Crippen MR) is 96.1 cm³/mol. The predicted octanol–water partition coefficient (Wildman–Crippen LogP) is 2.27. The van der Waals surface area contributed by atoms with Crippen LogP contribution in [-0.4, -0.2) is 39.3 Å². The first-order valence-electron chi connectivity index (χ1n) is 7.87. The minimum Gasteiger partial charge on any atom is -0.497 e. The zero-order chi connectivity index (χ0) is 18.4. The molecule has 0 saturated carbocycles. The molecule has 0 aliphatic rings. The Morgan fingerprint density at radius 3 is 2.16 bits per heavy atom. The SMILES string of the molecule is CCN(Cc1ccc(C(=O)NC)cc1)S(=O)(=O)c1ccc(OC)cc1. The Balaban J connectivity index is 2.21. The maximum Gasteiger partial charge on any atom is 0.251 e. The van der Waals surface area contributed by atoms with Crippen LogP contribution in [0.3, 0.4) is 0 Å². The lowest BCUT2D eigenvalue weighted by Gasteiger charge is -2.21. The number of carbonyl (C=O) groups excluding carboxylic acids is 1. The zero-order valence-electron chi connectivity index (χ0n) is 14.5. The molecule has 25 heavy (non-hydrogen) atoms. The van der Waals surface area contributed by atoms with Crippen LogP contribution in [0.25, 0.3) is 0 Å². The zero-order valence-corrected chi connectivity index (χ0v) is 15.3. The van der Waals surface area contributed by atoms with Crippen LogP contribution in [0.2, 0.25) is 0 Å². The average molecular weight is 362 g/mol. The highest BCUT2D eigenvalue weighted by Gasteiger charge is 2.23. The fourth-order valence-electron chi connectivity index (χ4n) is 2.37. The van der Waals surface area contributed by atoms with Crippen LogP contribution in [-0.2, 0) is 16.6 Å². The van der Waals surface area contributed by atoms with Crippen molar-refractivity contribution in [1.29, 1.82) is 0 Å². The molecule has 0 spiro atoms. The normalized spacial score (nSPS) is 11.4. The fraction of sp³-hybridized carbons (Fsp3) is 0.278. The van der Waals surface area contributed by atoms with Gasteiger partial charge in [0.2, 0.25) is 10.0 Å². The second-order valence-electron chi connectivity index (χ2n) is 5.38. The van der Waals surface area contributed by atoms with E-state index in [2.05, 4.69) is 5.32 Å². The van der Waals surface area contributed by atoms with Crippen LogP contribution in [0.5, 0.6) is 5.75 Å². The number of ether oxygens (including phenoxy) is 1. The molecule has 0 saturated heterocycles. The molecule has 0 aliphatic heterocycles. The smallest absolute Gasteiger partial charge is 0.251 e. The second-order valence-corrected chi connectivity index (χ2v) is 7.32. The van der Waals surface area contributed by atoms with Gasteiger partial charge >= 0.3 is 0 Å². The summed E-state index contributed by atoms with van der Waals surface area (Å²) in [4.78, 5) is 11.8. The number of nitrogens with one attached hydrogen (secondary N) is 1. The number of nitrogens with zero attached hydrogens (tertiary/aromatic N) is 1. The average Bonchev–Trinajstić information content (AvgIpc) is 2.65. The molecule has 0 heterocycles. The van der Waals surface area contributed by atoms with Gasteiger partial charge in [0.15, 0.2) is 0 Å². The Hall–Kier alpha value is -2.38. The van der Waals surface area contributed by atoms with Crippen molar-refractivity contribution in [2.75, 3.05) is 20.7 Å². The van der Waals surface area contributed by atoms with Crippen LogP contribution >= 0.6 is 0 Å². The number of rotatable bonds is 7. The molecule has 0 aromatic heterocycles. The van der Waals surface area contributed by atoms with Crippen molar-refractivity contribution >= 4 is 15.9 Å². The summed E-state index contributed by atoms with van der Waals surface area (Å²) < 4.78 is 32.1. The Morgan fingerprint density at radius 1 is 1.08 bits per heavy atom. The summed E-state index contributed by atoms with van der Waals surface area (Å²) in [6, 6.07) is 13.2. The van der Waals surface area contributed by atoms with Crippen LogP contribution in [0.4, 0.5) is 0 Å². The largest absolute Gasteiger partial charge is 0.497 e. The van der Waals surface area contributed by atoms with E-state index in [0.29, 0.717) is 17.9 Å². The van der Waals surface area contributed by atoms with Crippen LogP contribution in [0, 0.1) is 0 Å². The van der Waals surface area contributed by atoms with Crippen LogP contribution < -0.4 is 10.1 Å². The van der Waals surface area contributed by atoms with Gasteiger partial charge in [0.1, 0.15) is 5.75 Å². The first-order chi connectivity index (χ1) is 11.9. The first kappa shape index (κ1) is 19.0. The van der Waals surface area contributed by atoms with Crippen molar-refractivity contribution in [2.45, 2.75) is 18.4 Å². The van der Waals surface area contributed by atoms with Crippen molar-refractivity contribution in [3.05, 3.63) is 59.7 Å². The fourth-order valence-corrected chi connectivity index (χ4v) is 3.81. The number of carbonyl (C=O) groups is 1. The molecule has 0 fully saturated rings. The molecule has 0 radical (unpaired) electrons. The van der Waals surface area contributed by atoms with E-state index in [1.54, 1.807) is 50.4 Å². The van der Waals surface area contributed by atoms with E-state index in [-0.39, 0.29) is 17.3 Å². The minimum absolute atomic E-state index is 0.176. The summed E-state index contributed by atoms with van der Waals surface area (Å²) >= 11 is 0. The van der Waals surface area contributed by atoms with E-state index in [4.69, 9.17) is 4.74 Å². The molecular formula is C18H22N2O4S. The quantitative estimate of drug-likeness (QED) is 0.820. The molecule has 134 valence electrons. The van der Waals surface area contributed by atoms with Gasteiger partial charge in [-0.2, -0.15) is 4.31 Å². The Morgan fingerprint density at radius 2 is 1.68 bits per heavy atom. The van der Waals surface area contributed by atoms with Crippen molar-refractivity contribution in [1.82, 2.24) is 9.62 Å². The van der Waals surface area contributed by atoms with Gasteiger partial charge in [-0.1, -0.05) is 19.1 Å². The molecule has 1 amide bonds. The standard InChI is InChI=1S/C18H22N2O4S/c1-4-20(13-14-5-7-15(8-6-14)18(21)19-2)25(22,23)17-11-9-16(24-3)10-12-17/h5-12H,4,13H2,1-3H3,(H,19,21).